The first kappa shape index (κ1) is 34.4. The van der Waals surface area contributed by atoms with E-state index in [-0.39, 0.29) is 0 Å². The minimum atomic E-state index is -2.20. The summed E-state index contributed by atoms with van der Waals surface area (Å²) in [5.41, 5.74) is 0. The number of rotatable bonds is 14. The van der Waals surface area contributed by atoms with E-state index in [1.807, 2.05) is 5.32 Å². The van der Waals surface area contributed by atoms with Gasteiger partial charge in [-0.3, -0.25) is 38.9 Å². The molecule has 3 N–H and O–H groups in total. The van der Waals surface area contributed by atoms with E-state index in [1.165, 1.54) is 13.8 Å². The summed E-state index contributed by atoms with van der Waals surface area (Å²) in [5, 5.41) is 13.9. The van der Waals surface area contributed by atoms with E-state index in [0.29, 0.717) is 11.9 Å². The number of aliphatic hydroxyl groups is 1. The first-order valence-electron chi connectivity index (χ1n) is 10.9. The molecule has 0 aliphatic carbocycles. The number of amides is 3. The van der Waals surface area contributed by atoms with Gasteiger partial charge in [-0.1, -0.05) is 0 Å². The molecule has 0 saturated carbocycles. The van der Waals surface area contributed by atoms with Gasteiger partial charge >= 0.3 is 23.9 Å². The van der Waals surface area contributed by atoms with Crippen LogP contribution in [0, 0.1) is 4.91 Å². The number of carbonyl (C=O) groups excluding carboxylic acids is 7. The van der Waals surface area contributed by atoms with Crippen LogP contribution in [0.4, 0.5) is 0 Å². The van der Waals surface area contributed by atoms with Gasteiger partial charge in [0.1, 0.15) is 6.04 Å². The molecule has 3 amide bonds. The molecule has 0 aromatic carbocycles. The molecule has 0 saturated heterocycles. The Kier molecular flexibility index (Phi) is 14.1. The Labute approximate surface area is 221 Å². The van der Waals surface area contributed by atoms with E-state index in [4.69, 9.17) is 18.9 Å². The third kappa shape index (κ3) is 11.6. The number of nitrogens with zero attached hydrogens (tertiary/aromatic N) is 1. The average Bonchev–Trinajstić information content (AvgIpc) is 2.75. The van der Waals surface area contributed by atoms with Crippen molar-refractivity contribution in [1.82, 2.24) is 10.6 Å². The van der Waals surface area contributed by atoms with E-state index in [2.05, 4.69) is 9.90 Å². The van der Waals surface area contributed by atoms with Crippen LogP contribution >= 0.6 is 11.9 Å². The summed E-state index contributed by atoms with van der Waals surface area (Å²) in [4.78, 5) is 95.7. The largest absolute Gasteiger partial charge is 0.456 e. The molecule has 0 spiro atoms. The lowest BCUT2D eigenvalue weighted by molar-refractivity contribution is -0.201. The molecule has 0 aromatic heterocycles. The van der Waals surface area contributed by atoms with E-state index in [1.54, 1.807) is 0 Å². The van der Waals surface area contributed by atoms with Crippen LogP contribution in [0.2, 0.25) is 0 Å². The summed E-state index contributed by atoms with van der Waals surface area (Å²) < 4.78 is 21.3. The Morgan fingerprint density at radius 1 is 0.789 bits per heavy atom. The summed E-state index contributed by atoms with van der Waals surface area (Å²) in [6, 6.07) is -1.52. The molecule has 0 heterocycles. The molecule has 214 valence electrons. The van der Waals surface area contributed by atoms with Gasteiger partial charge in [0.15, 0.2) is 18.3 Å². The second kappa shape index (κ2) is 15.6. The number of carbonyl (C=O) groups is 7. The quantitative estimate of drug-likeness (QED) is 0.0997. The molecule has 0 fully saturated rings. The highest BCUT2D eigenvalue weighted by Crippen LogP contribution is 2.29. The lowest BCUT2D eigenvalue weighted by Gasteiger charge is -2.35. The number of ether oxygens (including phenoxy) is 4. The fourth-order valence-electron chi connectivity index (χ4n) is 3.08. The number of nitroso groups, excluding NO2 is 1. The Morgan fingerprint density at radius 3 is 1.66 bits per heavy atom. The molecule has 0 rings (SSSR count). The summed E-state index contributed by atoms with van der Waals surface area (Å²) in [6.45, 7) is 6.47. The molecule has 16 nitrogen and oxygen atoms in total. The minimum Gasteiger partial charge on any atom is -0.456 e. The monoisotopic (exact) mass is 565 g/mol. The van der Waals surface area contributed by atoms with Crippen LogP contribution in [0.15, 0.2) is 4.58 Å². The van der Waals surface area contributed by atoms with Gasteiger partial charge in [0.2, 0.25) is 12.0 Å². The molecule has 0 aliphatic rings. The zero-order chi connectivity index (χ0) is 29.8. The number of imide groups is 1. The second-order valence-corrected chi connectivity index (χ2v) is 9.65. The van der Waals surface area contributed by atoms with Crippen molar-refractivity contribution in [2.45, 2.75) is 83.7 Å². The normalized spacial score (nSPS) is 14.8. The zero-order valence-corrected chi connectivity index (χ0v) is 22.6. The smallest absolute Gasteiger partial charge is 0.303 e. The Bertz CT molecular complexity index is 939. The van der Waals surface area contributed by atoms with Crippen LogP contribution in [-0.4, -0.2) is 88.5 Å². The van der Waals surface area contributed by atoms with Gasteiger partial charge in [-0.25, -0.2) is 0 Å². The molecule has 0 unspecified atom stereocenters. The van der Waals surface area contributed by atoms with Crippen LogP contribution in [0.1, 0.15) is 48.5 Å². The Balaban J connectivity index is 6.60. The number of hydrogen-bond donors (Lipinski definition) is 3. The first-order chi connectivity index (χ1) is 17.5. The number of aliphatic hydroxyl groups excluding tert-OH is 1. The molecule has 5 atom stereocenters. The van der Waals surface area contributed by atoms with Crippen molar-refractivity contribution in [2.24, 2.45) is 4.58 Å². The van der Waals surface area contributed by atoms with Crippen LogP contribution in [-0.2, 0) is 52.5 Å². The second-order valence-electron chi connectivity index (χ2n) is 8.26. The number of nitrogens with one attached hydrogen (secondary N) is 2. The predicted molar refractivity (Wildman–Crippen MR) is 128 cm³/mol. The van der Waals surface area contributed by atoms with Crippen LogP contribution in [0.5, 0.6) is 0 Å². The molecule has 17 heteroatoms. The standard InChI is InChI=1S/C21H31N3O13S/c1-9(26)22-18(21(6,7)38-24-33)20(32)23-19(31)17(37-13(5)30)16(36-12(4)29)15(35-11(3)28)14(8-25)34-10(2)27/h14-18,25H,8H2,1-7H3,(H,22,26)(H,23,31,32)/t14-,15-,16+,17-,18-/m1/s1. The van der Waals surface area contributed by atoms with E-state index in [0.717, 1.165) is 34.6 Å². The summed E-state index contributed by atoms with van der Waals surface area (Å²) in [5.74, 6) is -7.45. The van der Waals surface area contributed by atoms with Crippen molar-refractivity contribution in [3.63, 3.8) is 0 Å². The van der Waals surface area contributed by atoms with Gasteiger partial charge in [0.25, 0.3) is 11.8 Å². The topological polar surface area (TPSA) is 230 Å². The molecule has 0 bridgehead atoms. The third-order valence-corrected chi connectivity index (χ3v) is 5.25. The van der Waals surface area contributed by atoms with Gasteiger partial charge < -0.3 is 29.4 Å². The fraction of sp³-hybridized carbons (Fsp3) is 0.667. The maximum absolute atomic E-state index is 13.2. The van der Waals surface area contributed by atoms with Crippen LogP contribution < -0.4 is 10.6 Å². The summed E-state index contributed by atoms with van der Waals surface area (Å²) >= 11 is 0.391. The highest BCUT2D eigenvalue weighted by atomic mass is 32.2. The maximum atomic E-state index is 13.2. The van der Waals surface area contributed by atoms with Crippen molar-refractivity contribution in [3.8, 4) is 0 Å². The van der Waals surface area contributed by atoms with Crippen molar-refractivity contribution in [1.29, 1.82) is 0 Å². The average molecular weight is 566 g/mol. The van der Waals surface area contributed by atoms with Crippen LogP contribution in [0.3, 0.4) is 0 Å². The number of esters is 4. The first-order valence-corrected chi connectivity index (χ1v) is 11.7. The minimum absolute atomic E-state index is 0.391. The Morgan fingerprint density at radius 2 is 1.26 bits per heavy atom. The highest BCUT2D eigenvalue weighted by molar-refractivity contribution is 7.99. The van der Waals surface area contributed by atoms with Crippen molar-refractivity contribution >= 4 is 53.5 Å². The molecule has 38 heavy (non-hydrogen) atoms. The van der Waals surface area contributed by atoms with Crippen molar-refractivity contribution in [3.05, 3.63) is 4.91 Å². The van der Waals surface area contributed by atoms with Gasteiger partial charge in [-0.15, -0.1) is 4.91 Å². The summed E-state index contributed by atoms with van der Waals surface area (Å²) in [6.07, 6.45) is -7.84. The molecule has 0 aliphatic heterocycles. The molecule has 0 radical (unpaired) electrons. The highest BCUT2D eigenvalue weighted by Gasteiger charge is 2.47. The Hall–Kier alpha value is -3.60. The van der Waals surface area contributed by atoms with Gasteiger partial charge in [-0.05, 0) is 13.8 Å². The lowest BCUT2D eigenvalue weighted by atomic mass is 9.99. The molecule has 0 aromatic rings. The van der Waals surface area contributed by atoms with E-state index < -0.39 is 83.4 Å². The van der Waals surface area contributed by atoms with E-state index >= 15 is 0 Å². The van der Waals surface area contributed by atoms with Gasteiger partial charge in [-0.2, -0.15) is 0 Å². The molecular formula is C21H31N3O13S. The fourth-order valence-corrected chi connectivity index (χ4v) is 3.54. The van der Waals surface area contributed by atoms with Gasteiger partial charge in [0.05, 0.1) is 11.4 Å². The third-order valence-electron chi connectivity index (χ3n) is 4.47. The zero-order valence-electron chi connectivity index (χ0n) is 21.8. The lowest BCUT2D eigenvalue weighted by Crippen LogP contribution is -2.61. The predicted octanol–water partition coefficient (Wildman–Crippen LogP) is -0.954. The number of hydrogen-bond acceptors (Lipinski definition) is 15. The summed E-state index contributed by atoms with van der Waals surface area (Å²) in [7, 11) is 0. The van der Waals surface area contributed by atoms with Crippen molar-refractivity contribution in [2.75, 3.05) is 6.61 Å². The van der Waals surface area contributed by atoms with Gasteiger partial charge in [0, 0.05) is 51.1 Å². The molecular weight excluding hydrogens is 534 g/mol. The van der Waals surface area contributed by atoms with E-state index in [9.17, 15) is 43.6 Å². The van der Waals surface area contributed by atoms with Crippen LogP contribution in [0.25, 0.3) is 0 Å². The SMILES string of the molecule is CC(=O)N[C@H](C(=O)NC(=O)[C@H](OC(C)=O)[C@@H](OC(C)=O)[C@H](OC(C)=O)[C@@H](CO)OC(C)=O)C(C)(C)SN=O. The van der Waals surface area contributed by atoms with Crippen molar-refractivity contribution < 1.29 is 57.6 Å². The maximum Gasteiger partial charge on any atom is 0.303 e.